The highest BCUT2D eigenvalue weighted by molar-refractivity contribution is 5.82. The maximum atomic E-state index is 11.5. The van der Waals surface area contributed by atoms with E-state index in [0.717, 1.165) is 18.5 Å². The lowest BCUT2D eigenvalue weighted by Crippen LogP contribution is -2.46. The molecule has 0 aromatic carbocycles. The fraction of sp³-hybridized carbons (Fsp3) is 0.643. The van der Waals surface area contributed by atoms with Crippen molar-refractivity contribution in [2.24, 2.45) is 5.92 Å². The number of hydrogen-bond donors (Lipinski definition) is 2. The summed E-state index contributed by atoms with van der Waals surface area (Å²) in [7, 11) is 0. The molecule has 6 heteroatoms. The summed E-state index contributed by atoms with van der Waals surface area (Å²) in [4.78, 5) is 20.0. The third-order valence-electron chi connectivity index (χ3n) is 3.40. The fourth-order valence-electron chi connectivity index (χ4n) is 2.12. The number of ether oxygens (including phenoxy) is 1. The molecular weight excluding hydrogens is 258 g/mol. The number of aromatic nitrogens is 2. The Labute approximate surface area is 118 Å². The molecule has 1 aromatic heterocycles. The summed E-state index contributed by atoms with van der Waals surface area (Å²) in [6.45, 7) is 7.34. The third-order valence-corrected chi connectivity index (χ3v) is 3.40. The number of carboxylic acid groups (broad SMARTS) is 1. The van der Waals surface area contributed by atoms with Crippen LogP contribution in [0.5, 0.6) is 5.88 Å². The first-order valence-electron chi connectivity index (χ1n) is 6.85. The molecule has 6 nitrogen and oxygen atoms in total. The van der Waals surface area contributed by atoms with Gasteiger partial charge in [-0.05, 0) is 46.5 Å². The molecule has 1 aliphatic rings. The molecular formula is C14H21N3O3. The van der Waals surface area contributed by atoms with Crippen molar-refractivity contribution in [1.29, 1.82) is 0 Å². The molecule has 2 rings (SSSR count). The Bertz CT molecular complexity index is 514. The van der Waals surface area contributed by atoms with E-state index in [1.54, 1.807) is 13.0 Å². The SMILES string of the molecule is Cc1cc(OC(C)C)nc(NC(C)(C(=O)O)C2CC2)n1. The van der Waals surface area contributed by atoms with E-state index in [4.69, 9.17) is 4.74 Å². The van der Waals surface area contributed by atoms with Crippen molar-refractivity contribution in [3.63, 3.8) is 0 Å². The maximum absolute atomic E-state index is 11.5. The van der Waals surface area contributed by atoms with Crippen LogP contribution in [-0.4, -0.2) is 32.7 Å². The molecule has 1 unspecified atom stereocenters. The zero-order valence-corrected chi connectivity index (χ0v) is 12.3. The van der Waals surface area contributed by atoms with E-state index < -0.39 is 11.5 Å². The molecule has 0 aliphatic heterocycles. The molecule has 1 fully saturated rings. The van der Waals surface area contributed by atoms with Crippen LogP contribution in [0.4, 0.5) is 5.95 Å². The van der Waals surface area contributed by atoms with E-state index in [1.807, 2.05) is 20.8 Å². The molecule has 0 radical (unpaired) electrons. The first-order chi connectivity index (χ1) is 9.31. The van der Waals surface area contributed by atoms with E-state index in [2.05, 4.69) is 15.3 Å². The maximum Gasteiger partial charge on any atom is 0.329 e. The highest BCUT2D eigenvalue weighted by Crippen LogP contribution is 2.41. The lowest BCUT2D eigenvalue weighted by atomic mass is 9.96. The average Bonchev–Trinajstić information content (AvgIpc) is 3.10. The van der Waals surface area contributed by atoms with Crippen LogP contribution in [0, 0.1) is 12.8 Å². The van der Waals surface area contributed by atoms with Gasteiger partial charge in [0.05, 0.1) is 6.10 Å². The zero-order chi connectivity index (χ0) is 14.9. The minimum Gasteiger partial charge on any atom is -0.480 e. The van der Waals surface area contributed by atoms with Gasteiger partial charge in [-0.1, -0.05) is 0 Å². The Hall–Kier alpha value is -1.85. The standard InChI is InChI=1S/C14H21N3O3/c1-8(2)20-11-7-9(3)15-13(16-11)17-14(4,12(18)19)10-5-6-10/h7-8,10H,5-6H2,1-4H3,(H,18,19)(H,15,16,17). The Morgan fingerprint density at radius 1 is 1.50 bits per heavy atom. The predicted octanol–water partition coefficient (Wildman–Crippen LogP) is 2.24. The molecule has 2 N–H and O–H groups in total. The van der Waals surface area contributed by atoms with Crippen LogP contribution < -0.4 is 10.1 Å². The number of hydrogen-bond acceptors (Lipinski definition) is 5. The van der Waals surface area contributed by atoms with Crippen LogP contribution in [0.15, 0.2) is 6.07 Å². The predicted molar refractivity (Wildman–Crippen MR) is 74.9 cm³/mol. The summed E-state index contributed by atoms with van der Waals surface area (Å²) in [6, 6.07) is 1.74. The normalized spacial score (nSPS) is 17.6. The number of aliphatic carboxylic acids is 1. The van der Waals surface area contributed by atoms with Crippen LogP contribution in [0.2, 0.25) is 0 Å². The summed E-state index contributed by atoms with van der Waals surface area (Å²) >= 11 is 0. The van der Waals surface area contributed by atoms with Gasteiger partial charge < -0.3 is 15.2 Å². The highest BCUT2D eigenvalue weighted by Gasteiger charge is 2.48. The van der Waals surface area contributed by atoms with Crippen LogP contribution in [-0.2, 0) is 4.79 Å². The Morgan fingerprint density at radius 3 is 2.65 bits per heavy atom. The van der Waals surface area contributed by atoms with Gasteiger partial charge in [-0.2, -0.15) is 4.98 Å². The van der Waals surface area contributed by atoms with E-state index in [9.17, 15) is 9.90 Å². The number of anilines is 1. The van der Waals surface area contributed by atoms with E-state index in [0.29, 0.717) is 11.8 Å². The lowest BCUT2D eigenvalue weighted by Gasteiger charge is -2.26. The molecule has 0 amide bonds. The second kappa shape index (κ2) is 5.26. The molecule has 0 bridgehead atoms. The van der Waals surface area contributed by atoms with Gasteiger partial charge in [0.25, 0.3) is 0 Å². The number of carboxylic acids is 1. The molecule has 1 atom stereocenters. The molecule has 1 aliphatic carbocycles. The van der Waals surface area contributed by atoms with Crippen molar-refractivity contribution in [3.8, 4) is 5.88 Å². The van der Waals surface area contributed by atoms with Crippen LogP contribution in [0.3, 0.4) is 0 Å². The van der Waals surface area contributed by atoms with E-state index >= 15 is 0 Å². The number of carbonyl (C=O) groups is 1. The second-order valence-corrected chi connectivity index (χ2v) is 5.74. The summed E-state index contributed by atoms with van der Waals surface area (Å²) < 4.78 is 5.55. The van der Waals surface area contributed by atoms with Gasteiger partial charge in [0.1, 0.15) is 5.54 Å². The Morgan fingerprint density at radius 2 is 2.15 bits per heavy atom. The van der Waals surface area contributed by atoms with Gasteiger partial charge in [0.2, 0.25) is 11.8 Å². The molecule has 0 spiro atoms. The minimum atomic E-state index is -1.02. The largest absolute Gasteiger partial charge is 0.480 e. The van der Waals surface area contributed by atoms with Crippen molar-refractivity contribution < 1.29 is 14.6 Å². The highest BCUT2D eigenvalue weighted by atomic mass is 16.5. The van der Waals surface area contributed by atoms with Crippen molar-refractivity contribution in [1.82, 2.24) is 9.97 Å². The first kappa shape index (κ1) is 14.6. The van der Waals surface area contributed by atoms with Crippen LogP contribution in [0.25, 0.3) is 0 Å². The van der Waals surface area contributed by atoms with Gasteiger partial charge in [-0.25, -0.2) is 9.78 Å². The second-order valence-electron chi connectivity index (χ2n) is 5.74. The minimum absolute atomic E-state index is 0.00596. The van der Waals surface area contributed by atoms with Crippen molar-refractivity contribution in [3.05, 3.63) is 11.8 Å². The summed E-state index contributed by atoms with van der Waals surface area (Å²) in [5.74, 6) is 0.00555. The van der Waals surface area contributed by atoms with Gasteiger partial charge in [-0.3, -0.25) is 0 Å². The average molecular weight is 279 g/mol. The topological polar surface area (TPSA) is 84.3 Å². The number of nitrogens with one attached hydrogen (secondary N) is 1. The fourth-order valence-corrected chi connectivity index (χ4v) is 2.12. The smallest absolute Gasteiger partial charge is 0.329 e. The summed E-state index contributed by atoms with van der Waals surface area (Å²) in [6.07, 6.45) is 1.83. The molecule has 1 saturated carbocycles. The summed E-state index contributed by atoms with van der Waals surface area (Å²) in [5.41, 5.74) is -0.287. The number of aryl methyl sites for hydroxylation is 1. The van der Waals surface area contributed by atoms with Crippen LogP contribution in [0.1, 0.15) is 39.3 Å². The zero-order valence-electron chi connectivity index (χ0n) is 12.3. The number of nitrogens with zero attached hydrogens (tertiary/aromatic N) is 2. The van der Waals surface area contributed by atoms with E-state index in [-0.39, 0.29) is 12.0 Å². The van der Waals surface area contributed by atoms with Crippen molar-refractivity contribution in [2.75, 3.05) is 5.32 Å². The first-order valence-corrected chi connectivity index (χ1v) is 6.85. The number of rotatable bonds is 6. The Kier molecular flexibility index (Phi) is 3.83. The van der Waals surface area contributed by atoms with Gasteiger partial charge >= 0.3 is 5.97 Å². The van der Waals surface area contributed by atoms with Gasteiger partial charge in [0, 0.05) is 11.8 Å². The van der Waals surface area contributed by atoms with Crippen molar-refractivity contribution >= 4 is 11.9 Å². The van der Waals surface area contributed by atoms with E-state index in [1.165, 1.54) is 0 Å². The lowest BCUT2D eigenvalue weighted by molar-refractivity contribution is -0.142. The Balaban J connectivity index is 2.23. The quantitative estimate of drug-likeness (QED) is 0.830. The van der Waals surface area contributed by atoms with Gasteiger partial charge in [0.15, 0.2) is 0 Å². The third kappa shape index (κ3) is 3.18. The monoisotopic (exact) mass is 279 g/mol. The molecule has 0 saturated heterocycles. The molecule has 1 aromatic rings. The summed E-state index contributed by atoms with van der Waals surface area (Å²) in [5, 5.41) is 12.4. The molecule has 1 heterocycles. The molecule has 20 heavy (non-hydrogen) atoms. The van der Waals surface area contributed by atoms with Crippen LogP contribution >= 0.6 is 0 Å². The molecule has 110 valence electrons. The van der Waals surface area contributed by atoms with Gasteiger partial charge in [-0.15, -0.1) is 0 Å². The van der Waals surface area contributed by atoms with Crippen molar-refractivity contribution in [2.45, 2.75) is 52.2 Å².